The van der Waals surface area contributed by atoms with E-state index in [4.69, 9.17) is 15.2 Å². The van der Waals surface area contributed by atoms with Gasteiger partial charge in [0.05, 0.1) is 0 Å². The largest absolute Gasteiger partial charge is 0.454 e. The van der Waals surface area contributed by atoms with Crippen molar-refractivity contribution in [1.29, 1.82) is 0 Å². The van der Waals surface area contributed by atoms with Crippen LogP contribution < -0.4 is 20.6 Å². The molecule has 5 nitrogen and oxygen atoms in total. The zero-order valence-corrected chi connectivity index (χ0v) is 10.00. The lowest BCUT2D eigenvalue weighted by Gasteiger charge is -2.00. The molecule has 0 amide bonds. The minimum absolute atomic E-state index is 0.171. The molecule has 0 fully saturated rings. The quantitative estimate of drug-likeness (QED) is 0.477. The minimum atomic E-state index is 0.171. The van der Waals surface area contributed by atoms with Gasteiger partial charge in [0.2, 0.25) is 6.79 Å². The van der Waals surface area contributed by atoms with E-state index in [1.807, 2.05) is 18.2 Å². The van der Waals surface area contributed by atoms with Crippen LogP contribution in [-0.2, 0) is 6.42 Å². The summed E-state index contributed by atoms with van der Waals surface area (Å²) in [7, 11) is 0. The predicted octanol–water partition coefficient (Wildman–Crippen LogP) is 1.17. The summed E-state index contributed by atoms with van der Waals surface area (Å²) in [6.45, 7) is 0.304. The van der Waals surface area contributed by atoms with Crippen LogP contribution in [0.25, 0.3) is 0 Å². The van der Waals surface area contributed by atoms with E-state index in [-0.39, 0.29) is 5.11 Å². The standard InChI is InChI=1S/C11H13N3O2S/c12-11(17)14-13-5-1-2-8-3-4-9-10(6-8)16-7-15-9/h3-6H,1-2,7H2,(H3,12,14,17)/b13-5+. The van der Waals surface area contributed by atoms with E-state index in [0.717, 1.165) is 24.3 Å². The number of hydrogen-bond acceptors (Lipinski definition) is 4. The van der Waals surface area contributed by atoms with Crippen LogP contribution in [0.5, 0.6) is 11.5 Å². The molecule has 0 aliphatic carbocycles. The molecule has 0 saturated heterocycles. The molecule has 1 aromatic rings. The van der Waals surface area contributed by atoms with Crippen LogP contribution in [0.2, 0.25) is 0 Å². The molecular formula is C11H13N3O2S. The fourth-order valence-corrected chi connectivity index (χ4v) is 1.55. The summed E-state index contributed by atoms with van der Waals surface area (Å²) >= 11 is 4.62. The van der Waals surface area contributed by atoms with E-state index < -0.39 is 0 Å². The highest BCUT2D eigenvalue weighted by atomic mass is 32.1. The molecule has 1 heterocycles. The van der Waals surface area contributed by atoms with Crippen molar-refractivity contribution in [3.05, 3.63) is 23.8 Å². The number of ether oxygens (including phenoxy) is 2. The van der Waals surface area contributed by atoms with Gasteiger partial charge in [-0.15, -0.1) is 0 Å². The first-order valence-corrected chi connectivity index (χ1v) is 5.62. The molecule has 0 atom stereocenters. The van der Waals surface area contributed by atoms with Crippen molar-refractivity contribution in [2.24, 2.45) is 10.8 Å². The van der Waals surface area contributed by atoms with Gasteiger partial charge in [-0.25, -0.2) is 0 Å². The molecule has 2 rings (SSSR count). The molecule has 17 heavy (non-hydrogen) atoms. The molecule has 3 N–H and O–H groups in total. The second-order valence-corrected chi connectivity index (χ2v) is 3.95. The summed E-state index contributed by atoms with van der Waals surface area (Å²) in [6.07, 6.45) is 3.41. The Morgan fingerprint density at radius 2 is 2.29 bits per heavy atom. The number of fused-ring (bicyclic) bond motifs is 1. The van der Waals surface area contributed by atoms with Crippen LogP contribution in [0.1, 0.15) is 12.0 Å². The number of rotatable bonds is 4. The monoisotopic (exact) mass is 251 g/mol. The first-order chi connectivity index (χ1) is 8.25. The summed E-state index contributed by atoms with van der Waals surface area (Å²) in [5.74, 6) is 1.61. The number of nitrogens with zero attached hydrogens (tertiary/aromatic N) is 1. The number of nitrogens with one attached hydrogen (secondary N) is 1. The molecule has 1 aliphatic rings. The van der Waals surface area contributed by atoms with Crippen LogP contribution in [-0.4, -0.2) is 18.1 Å². The van der Waals surface area contributed by atoms with Crippen molar-refractivity contribution >= 4 is 23.5 Å². The number of hydrogen-bond donors (Lipinski definition) is 2. The van der Waals surface area contributed by atoms with Crippen LogP contribution in [0.15, 0.2) is 23.3 Å². The van der Waals surface area contributed by atoms with Gasteiger partial charge in [-0.05, 0) is 42.8 Å². The predicted molar refractivity (Wildman–Crippen MR) is 69.3 cm³/mol. The molecular weight excluding hydrogens is 238 g/mol. The Hall–Kier alpha value is -1.82. The summed E-state index contributed by atoms with van der Waals surface area (Å²) in [6, 6.07) is 5.92. The fourth-order valence-electron chi connectivity index (χ4n) is 1.50. The lowest BCUT2D eigenvalue weighted by atomic mass is 10.1. The van der Waals surface area contributed by atoms with E-state index >= 15 is 0 Å². The Labute approximate surface area is 105 Å². The summed E-state index contributed by atoms with van der Waals surface area (Å²) in [5.41, 5.74) is 8.91. The highest BCUT2D eigenvalue weighted by molar-refractivity contribution is 7.80. The van der Waals surface area contributed by atoms with Crippen LogP contribution in [0.4, 0.5) is 0 Å². The molecule has 6 heteroatoms. The Bertz CT molecular complexity index is 448. The lowest BCUT2D eigenvalue weighted by Crippen LogP contribution is -2.23. The van der Waals surface area contributed by atoms with Crippen LogP contribution in [0, 0.1) is 0 Å². The van der Waals surface area contributed by atoms with E-state index in [1.54, 1.807) is 6.21 Å². The van der Waals surface area contributed by atoms with Gasteiger partial charge < -0.3 is 15.2 Å². The molecule has 0 aromatic heterocycles. The maximum Gasteiger partial charge on any atom is 0.231 e. The van der Waals surface area contributed by atoms with Crippen molar-refractivity contribution in [1.82, 2.24) is 5.43 Å². The number of thiocarbonyl (C=S) groups is 1. The third-order valence-corrected chi connectivity index (χ3v) is 2.36. The van der Waals surface area contributed by atoms with Crippen molar-refractivity contribution in [3.63, 3.8) is 0 Å². The number of aryl methyl sites for hydroxylation is 1. The average molecular weight is 251 g/mol. The second-order valence-electron chi connectivity index (χ2n) is 3.51. The Balaban J connectivity index is 1.83. The molecule has 0 radical (unpaired) electrons. The topological polar surface area (TPSA) is 68.9 Å². The van der Waals surface area contributed by atoms with E-state index in [1.165, 1.54) is 5.56 Å². The SMILES string of the molecule is NC(=S)N/N=C/CCc1ccc2c(c1)OCO2. The molecule has 1 aromatic carbocycles. The Morgan fingerprint density at radius 1 is 1.47 bits per heavy atom. The average Bonchev–Trinajstić information content (AvgIpc) is 2.75. The number of hydrazone groups is 1. The lowest BCUT2D eigenvalue weighted by molar-refractivity contribution is 0.174. The van der Waals surface area contributed by atoms with Gasteiger partial charge in [0, 0.05) is 6.21 Å². The second kappa shape index (κ2) is 5.49. The smallest absolute Gasteiger partial charge is 0.231 e. The van der Waals surface area contributed by atoms with E-state index in [9.17, 15) is 0 Å². The highest BCUT2D eigenvalue weighted by Crippen LogP contribution is 2.32. The normalized spacial score (nSPS) is 12.9. The Morgan fingerprint density at radius 3 is 3.12 bits per heavy atom. The molecule has 0 bridgehead atoms. The van der Waals surface area contributed by atoms with Crippen molar-refractivity contribution < 1.29 is 9.47 Å². The van der Waals surface area contributed by atoms with Gasteiger partial charge in [-0.1, -0.05) is 6.07 Å². The molecule has 0 unspecified atom stereocenters. The Kier molecular flexibility index (Phi) is 3.77. The van der Waals surface area contributed by atoms with Gasteiger partial charge in [-0.2, -0.15) is 5.10 Å². The summed E-state index contributed by atoms with van der Waals surface area (Å²) < 4.78 is 10.5. The van der Waals surface area contributed by atoms with Gasteiger partial charge >= 0.3 is 0 Å². The van der Waals surface area contributed by atoms with Crippen molar-refractivity contribution in [2.75, 3.05) is 6.79 Å². The minimum Gasteiger partial charge on any atom is -0.454 e. The molecule has 1 aliphatic heterocycles. The molecule has 0 spiro atoms. The fraction of sp³-hybridized carbons (Fsp3) is 0.273. The van der Waals surface area contributed by atoms with Crippen molar-refractivity contribution in [2.45, 2.75) is 12.8 Å². The van der Waals surface area contributed by atoms with Gasteiger partial charge in [0.15, 0.2) is 16.6 Å². The van der Waals surface area contributed by atoms with E-state index in [0.29, 0.717) is 6.79 Å². The number of nitrogens with two attached hydrogens (primary N) is 1. The third kappa shape index (κ3) is 3.32. The molecule has 90 valence electrons. The van der Waals surface area contributed by atoms with Gasteiger partial charge in [-0.3, -0.25) is 5.43 Å². The highest BCUT2D eigenvalue weighted by Gasteiger charge is 2.12. The van der Waals surface area contributed by atoms with Gasteiger partial charge in [0.25, 0.3) is 0 Å². The zero-order chi connectivity index (χ0) is 12.1. The maximum atomic E-state index is 5.30. The van der Waals surface area contributed by atoms with Gasteiger partial charge in [0.1, 0.15) is 0 Å². The first-order valence-electron chi connectivity index (χ1n) is 5.21. The third-order valence-electron chi connectivity index (χ3n) is 2.27. The van der Waals surface area contributed by atoms with Crippen LogP contribution in [0.3, 0.4) is 0 Å². The first kappa shape index (κ1) is 11.7. The summed E-state index contributed by atoms with van der Waals surface area (Å²) in [4.78, 5) is 0. The molecule has 0 saturated carbocycles. The van der Waals surface area contributed by atoms with Crippen LogP contribution >= 0.6 is 12.2 Å². The maximum absolute atomic E-state index is 5.30. The number of benzene rings is 1. The summed E-state index contributed by atoms with van der Waals surface area (Å²) in [5, 5.41) is 4.03. The van der Waals surface area contributed by atoms with Crippen molar-refractivity contribution in [3.8, 4) is 11.5 Å². The zero-order valence-electron chi connectivity index (χ0n) is 9.18. The van der Waals surface area contributed by atoms with E-state index in [2.05, 4.69) is 22.7 Å².